The van der Waals surface area contributed by atoms with Gasteiger partial charge in [-0.15, -0.1) is 0 Å². The van der Waals surface area contributed by atoms with Gasteiger partial charge in [-0.2, -0.15) is 0 Å². The fraction of sp³-hybridized carbons (Fsp3) is 0.600. The van der Waals surface area contributed by atoms with Gasteiger partial charge in [0.1, 0.15) is 0 Å². The van der Waals surface area contributed by atoms with Crippen LogP contribution in [0.5, 0.6) is 0 Å². The second-order valence-corrected chi connectivity index (χ2v) is 7.69. The monoisotopic (exact) mass is 342 g/mol. The van der Waals surface area contributed by atoms with Crippen molar-refractivity contribution in [3.05, 3.63) is 35.9 Å². The van der Waals surface area contributed by atoms with E-state index in [1.165, 1.54) is 5.56 Å². The summed E-state index contributed by atoms with van der Waals surface area (Å²) < 4.78 is 5.36. The van der Waals surface area contributed by atoms with Crippen LogP contribution in [0.3, 0.4) is 0 Å². The molecule has 134 valence electrons. The first-order valence-corrected chi connectivity index (χ1v) is 9.29. The second kappa shape index (κ2) is 6.45. The number of likely N-dealkylation sites (N-methyl/N-ethyl adjacent to an activating group) is 1. The van der Waals surface area contributed by atoms with Crippen LogP contribution in [0.1, 0.15) is 30.7 Å². The summed E-state index contributed by atoms with van der Waals surface area (Å²) >= 11 is 0. The van der Waals surface area contributed by atoms with Crippen LogP contribution in [0.2, 0.25) is 0 Å². The van der Waals surface area contributed by atoms with Crippen molar-refractivity contribution < 1.29 is 14.3 Å². The first kappa shape index (κ1) is 16.6. The molecule has 4 rings (SSSR count). The van der Waals surface area contributed by atoms with Crippen LogP contribution < -0.4 is 0 Å². The first-order valence-electron chi connectivity index (χ1n) is 9.29. The molecule has 3 aliphatic rings. The van der Waals surface area contributed by atoms with E-state index < -0.39 is 0 Å². The summed E-state index contributed by atoms with van der Waals surface area (Å²) in [6, 6.07) is 10.4. The third-order valence-electron chi connectivity index (χ3n) is 6.34. The minimum Gasteiger partial charge on any atom is -0.381 e. The largest absolute Gasteiger partial charge is 0.381 e. The van der Waals surface area contributed by atoms with Crippen molar-refractivity contribution in [1.82, 2.24) is 9.80 Å². The molecule has 3 saturated heterocycles. The zero-order valence-electron chi connectivity index (χ0n) is 14.8. The maximum absolute atomic E-state index is 13.0. The summed E-state index contributed by atoms with van der Waals surface area (Å²) in [4.78, 5) is 29.5. The number of hydrogen-bond donors (Lipinski definition) is 0. The molecule has 3 fully saturated rings. The Morgan fingerprint density at radius 2 is 1.92 bits per heavy atom. The molecular formula is C20H26N2O3. The average Bonchev–Trinajstić information content (AvgIpc) is 3.27. The number of amides is 2. The molecule has 2 unspecified atom stereocenters. The average molecular weight is 342 g/mol. The SMILES string of the molecule is CN1CC(c2ccccc2)C2(CCN(C(=O)C3CCOC3)CC2)C1=O. The maximum atomic E-state index is 13.0. The van der Waals surface area contributed by atoms with Crippen LogP contribution in [0, 0.1) is 11.3 Å². The van der Waals surface area contributed by atoms with Gasteiger partial charge in [0.15, 0.2) is 0 Å². The number of ether oxygens (including phenoxy) is 1. The van der Waals surface area contributed by atoms with E-state index in [2.05, 4.69) is 12.1 Å². The maximum Gasteiger partial charge on any atom is 0.229 e. The van der Waals surface area contributed by atoms with Crippen LogP contribution in [0.15, 0.2) is 30.3 Å². The van der Waals surface area contributed by atoms with Crippen LogP contribution in [-0.4, -0.2) is 61.5 Å². The molecule has 2 amide bonds. The summed E-state index contributed by atoms with van der Waals surface area (Å²) in [5, 5.41) is 0. The fourth-order valence-corrected chi connectivity index (χ4v) is 4.85. The number of likely N-dealkylation sites (tertiary alicyclic amines) is 2. The number of benzene rings is 1. The van der Waals surface area contributed by atoms with Crippen molar-refractivity contribution in [3.8, 4) is 0 Å². The molecule has 0 radical (unpaired) electrons. The van der Waals surface area contributed by atoms with Gasteiger partial charge >= 0.3 is 0 Å². The topological polar surface area (TPSA) is 49.9 Å². The zero-order valence-corrected chi connectivity index (χ0v) is 14.8. The van der Waals surface area contributed by atoms with E-state index >= 15 is 0 Å². The van der Waals surface area contributed by atoms with E-state index in [1.54, 1.807) is 0 Å². The molecule has 0 bridgehead atoms. The number of carbonyl (C=O) groups excluding carboxylic acids is 2. The first-order chi connectivity index (χ1) is 12.1. The lowest BCUT2D eigenvalue weighted by molar-refractivity contribution is -0.144. The molecule has 0 aromatic heterocycles. The highest BCUT2D eigenvalue weighted by atomic mass is 16.5. The Kier molecular flexibility index (Phi) is 4.28. The third-order valence-corrected chi connectivity index (χ3v) is 6.34. The van der Waals surface area contributed by atoms with Gasteiger partial charge in [-0.3, -0.25) is 9.59 Å². The molecule has 25 heavy (non-hydrogen) atoms. The predicted molar refractivity (Wildman–Crippen MR) is 94.0 cm³/mol. The normalized spacial score (nSPS) is 28.8. The van der Waals surface area contributed by atoms with Crippen molar-refractivity contribution in [2.75, 3.05) is 39.9 Å². The molecular weight excluding hydrogens is 316 g/mol. The number of carbonyl (C=O) groups is 2. The molecule has 2 atom stereocenters. The van der Waals surface area contributed by atoms with Gasteiger partial charge in [0.2, 0.25) is 11.8 Å². The third kappa shape index (κ3) is 2.74. The lowest BCUT2D eigenvalue weighted by Gasteiger charge is -2.41. The lowest BCUT2D eigenvalue weighted by Crippen LogP contribution is -2.49. The van der Waals surface area contributed by atoms with Crippen LogP contribution in [-0.2, 0) is 14.3 Å². The smallest absolute Gasteiger partial charge is 0.229 e. The van der Waals surface area contributed by atoms with Crippen LogP contribution >= 0.6 is 0 Å². The van der Waals surface area contributed by atoms with Gasteiger partial charge in [0, 0.05) is 39.2 Å². The highest BCUT2D eigenvalue weighted by Crippen LogP contribution is 2.50. The molecule has 1 spiro atoms. The fourth-order valence-electron chi connectivity index (χ4n) is 4.85. The van der Waals surface area contributed by atoms with Gasteiger partial charge in [-0.1, -0.05) is 30.3 Å². The molecule has 5 heteroatoms. The van der Waals surface area contributed by atoms with E-state index in [0.717, 1.165) is 25.8 Å². The van der Waals surface area contributed by atoms with E-state index in [9.17, 15) is 9.59 Å². The highest BCUT2D eigenvalue weighted by molar-refractivity contribution is 5.87. The van der Waals surface area contributed by atoms with Crippen molar-refractivity contribution in [3.63, 3.8) is 0 Å². The lowest BCUT2D eigenvalue weighted by atomic mass is 9.68. The van der Waals surface area contributed by atoms with Crippen molar-refractivity contribution in [2.24, 2.45) is 11.3 Å². The van der Waals surface area contributed by atoms with Crippen molar-refractivity contribution >= 4 is 11.8 Å². The van der Waals surface area contributed by atoms with Gasteiger partial charge in [0.05, 0.1) is 17.9 Å². The second-order valence-electron chi connectivity index (χ2n) is 7.69. The molecule has 1 aromatic carbocycles. The Morgan fingerprint density at radius 1 is 1.20 bits per heavy atom. The summed E-state index contributed by atoms with van der Waals surface area (Å²) in [6.45, 7) is 3.37. The molecule has 1 aromatic rings. The van der Waals surface area contributed by atoms with E-state index in [4.69, 9.17) is 4.74 Å². The highest BCUT2D eigenvalue weighted by Gasteiger charge is 2.54. The summed E-state index contributed by atoms with van der Waals surface area (Å²) in [6.07, 6.45) is 2.35. The predicted octanol–water partition coefficient (Wildman–Crippen LogP) is 1.89. The Balaban J connectivity index is 1.52. The van der Waals surface area contributed by atoms with Crippen LogP contribution in [0.25, 0.3) is 0 Å². The molecule has 5 nitrogen and oxygen atoms in total. The molecule has 0 saturated carbocycles. The summed E-state index contributed by atoms with van der Waals surface area (Å²) in [5.41, 5.74) is 0.892. The van der Waals surface area contributed by atoms with Gasteiger partial charge in [0.25, 0.3) is 0 Å². The number of nitrogens with zero attached hydrogens (tertiary/aromatic N) is 2. The minimum absolute atomic E-state index is 0.0147. The van der Waals surface area contributed by atoms with Gasteiger partial charge < -0.3 is 14.5 Å². The summed E-state index contributed by atoms with van der Waals surface area (Å²) in [5.74, 6) is 0.694. The van der Waals surface area contributed by atoms with E-state index in [-0.39, 0.29) is 29.1 Å². The molecule has 0 N–H and O–H groups in total. The zero-order chi connectivity index (χ0) is 17.4. The Morgan fingerprint density at radius 3 is 2.56 bits per heavy atom. The van der Waals surface area contributed by atoms with Crippen molar-refractivity contribution in [1.29, 1.82) is 0 Å². The molecule has 3 heterocycles. The Labute approximate surface area is 148 Å². The van der Waals surface area contributed by atoms with E-state index in [0.29, 0.717) is 26.3 Å². The van der Waals surface area contributed by atoms with E-state index in [1.807, 2.05) is 35.0 Å². The summed E-state index contributed by atoms with van der Waals surface area (Å²) in [7, 11) is 1.90. The minimum atomic E-state index is -0.348. The van der Waals surface area contributed by atoms with Gasteiger partial charge in [-0.25, -0.2) is 0 Å². The Hall–Kier alpha value is -1.88. The standard InChI is InChI=1S/C20H26N2O3/c1-21-13-17(15-5-3-2-4-6-15)20(19(21)24)8-10-22(11-9-20)18(23)16-7-12-25-14-16/h2-6,16-17H,7-14H2,1H3. The Bertz CT molecular complexity index is 646. The van der Waals surface area contributed by atoms with Gasteiger partial charge in [-0.05, 0) is 24.8 Å². The quantitative estimate of drug-likeness (QED) is 0.825. The number of piperidine rings is 1. The number of rotatable bonds is 2. The van der Waals surface area contributed by atoms with Crippen molar-refractivity contribution in [2.45, 2.75) is 25.2 Å². The molecule has 3 aliphatic heterocycles. The van der Waals surface area contributed by atoms with Crippen LogP contribution in [0.4, 0.5) is 0 Å². The number of hydrogen-bond acceptors (Lipinski definition) is 3. The molecule has 0 aliphatic carbocycles.